The highest BCUT2D eigenvalue weighted by atomic mass is 16.6. The Bertz CT molecular complexity index is 334. The van der Waals surface area contributed by atoms with Gasteiger partial charge in [-0.25, -0.2) is 0 Å². The Morgan fingerprint density at radius 3 is 2.94 bits per heavy atom. The van der Waals surface area contributed by atoms with Crippen molar-refractivity contribution in [3.05, 3.63) is 0 Å². The summed E-state index contributed by atoms with van der Waals surface area (Å²) in [5, 5.41) is 9.86. The smallest absolute Gasteiger partial charge is 0.154 e. The Morgan fingerprint density at radius 2 is 2.00 bits per heavy atom. The second-order valence-electron chi connectivity index (χ2n) is 7.00. The molecule has 0 spiro atoms. The molecular formula is C15H25NO2. The van der Waals surface area contributed by atoms with Crippen molar-refractivity contribution in [1.82, 2.24) is 4.90 Å². The lowest BCUT2D eigenvalue weighted by Crippen LogP contribution is -2.66. The molecule has 1 aliphatic carbocycles. The minimum Gasteiger partial charge on any atom is -0.368 e. The molecule has 4 fully saturated rings. The summed E-state index contributed by atoms with van der Waals surface area (Å²) in [5.41, 5.74) is 0.385. The lowest BCUT2D eigenvalue weighted by atomic mass is 9.58. The number of rotatable bonds is 0. The zero-order valence-electron chi connectivity index (χ0n) is 11.2. The molecule has 0 aromatic rings. The fourth-order valence-electron chi connectivity index (χ4n) is 5.34. The number of hydrogen-bond donors (Lipinski definition) is 1. The molecular weight excluding hydrogens is 226 g/mol. The van der Waals surface area contributed by atoms with Gasteiger partial charge in [-0.05, 0) is 45.1 Å². The summed E-state index contributed by atoms with van der Waals surface area (Å²) in [6.07, 6.45) is 10.0. The van der Waals surface area contributed by atoms with Crippen LogP contribution in [-0.4, -0.2) is 41.5 Å². The highest BCUT2D eigenvalue weighted by Crippen LogP contribution is 2.54. The molecule has 1 N–H and O–H groups in total. The van der Waals surface area contributed by atoms with E-state index < -0.39 is 6.29 Å². The van der Waals surface area contributed by atoms with Crippen molar-refractivity contribution in [2.24, 2.45) is 11.3 Å². The quantitative estimate of drug-likeness (QED) is 0.716. The average molecular weight is 251 g/mol. The van der Waals surface area contributed by atoms with Crippen LogP contribution >= 0.6 is 0 Å². The van der Waals surface area contributed by atoms with E-state index in [-0.39, 0.29) is 0 Å². The molecule has 0 radical (unpaired) electrons. The van der Waals surface area contributed by atoms with Crippen molar-refractivity contribution in [2.45, 2.75) is 69.8 Å². The Balaban J connectivity index is 1.67. The molecule has 3 nitrogen and oxygen atoms in total. The van der Waals surface area contributed by atoms with Gasteiger partial charge >= 0.3 is 0 Å². The molecule has 0 aromatic carbocycles. The molecule has 1 saturated carbocycles. The van der Waals surface area contributed by atoms with Crippen LogP contribution in [0.3, 0.4) is 0 Å². The van der Waals surface area contributed by atoms with Gasteiger partial charge in [0.25, 0.3) is 0 Å². The third kappa shape index (κ3) is 1.60. The first-order valence-electron chi connectivity index (χ1n) is 7.86. The van der Waals surface area contributed by atoms with Crippen LogP contribution in [0.2, 0.25) is 0 Å². The lowest BCUT2D eigenvalue weighted by molar-refractivity contribution is -0.269. The predicted octanol–water partition coefficient (Wildman–Crippen LogP) is 2.14. The monoisotopic (exact) mass is 251 g/mol. The molecule has 0 aromatic heterocycles. The minimum atomic E-state index is -0.487. The van der Waals surface area contributed by atoms with Gasteiger partial charge in [-0.15, -0.1) is 0 Å². The number of piperidine rings is 2. The van der Waals surface area contributed by atoms with Gasteiger partial charge < -0.3 is 9.84 Å². The predicted molar refractivity (Wildman–Crippen MR) is 69.1 cm³/mol. The van der Waals surface area contributed by atoms with E-state index in [0.717, 1.165) is 12.5 Å². The fourth-order valence-corrected chi connectivity index (χ4v) is 5.34. The van der Waals surface area contributed by atoms with Crippen molar-refractivity contribution >= 4 is 0 Å². The third-order valence-electron chi connectivity index (χ3n) is 6.07. The van der Waals surface area contributed by atoms with E-state index in [4.69, 9.17) is 4.74 Å². The van der Waals surface area contributed by atoms with Gasteiger partial charge in [0.1, 0.15) is 0 Å². The molecule has 3 heteroatoms. The van der Waals surface area contributed by atoms with Crippen LogP contribution in [0.5, 0.6) is 0 Å². The summed E-state index contributed by atoms with van der Waals surface area (Å²) in [5.74, 6) is 0.697. The van der Waals surface area contributed by atoms with Crippen LogP contribution in [0, 0.1) is 11.3 Å². The molecule has 102 valence electrons. The number of aliphatic hydroxyl groups excluding tert-OH is 1. The maximum absolute atomic E-state index is 9.86. The summed E-state index contributed by atoms with van der Waals surface area (Å²) in [4.78, 5) is 2.77. The average Bonchev–Trinajstić information content (AvgIpc) is 2.38. The fraction of sp³-hybridized carbons (Fsp3) is 1.00. The minimum absolute atomic E-state index is 0.356. The first-order valence-corrected chi connectivity index (χ1v) is 7.86. The van der Waals surface area contributed by atoms with Crippen LogP contribution < -0.4 is 0 Å². The molecule has 0 amide bonds. The van der Waals surface area contributed by atoms with Crippen LogP contribution in [0.15, 0.2) is 0 Å². The number of fused-ring (bicyclic) bond motifs is 2. The van der Waals surface area contributed by atoms with Gasteiger partial charge in [0.05, 0.1) is 6.10 Å². The van der Waals surface area contributed by atoms with E-state index in [1.807, 2.05) is 0 Å². The van der Waals surface area contributed by atoms with E-state index in [1.54, 1.807) is 0 Å². The van der Waals surface area contributed by atoms with Gasteiger partial charge in [-0.2, -0.15) is 0 Å². The number of aliphatic hydroxyl groups is 1. The van der Waals surface area contributed by atoms with Gasteiger partial charge in [0, 0.05) is 23.9 Å². The summed E-state index contributed by atoms with van der Waals surface area (Å²) in [7, 11) is 0. The molecule has 4 aliphatic rings. The van der Waals surface area contributed by atoms with E-state index >= 15 is 0 Å². The second kappa shape index (κ2) is 4.19. The summed E-state index contributed by atoms with van der Waals surface area (Å²) < 4.78 is 6.03. The summed E-state index contributed by atoms with van der Waals surface area (Å²) >= 11 is 0. The second-order valence-corrected chi connectivity index (χ2v) is 7.00. The zero-order valence-corrected chi connectivity index (χ0v) is 11.2. The van der Waals surface area contributed by atoms with Crippen LogP contribution in [0.25, 0.3) is 0 Å². The first-order chi connectivity index (χ1) is 8.78. The Kier molecular flexibility index (Phi) is 2.72. The Labute approximate surface area is 109 Å². The maximum Gasteiger partial charge on any atom is 0.154 e. The molecule has 18 heavy (non-hydrogen) atoms. The van der Waals surface area contributed by atoms with Crippen molar-refractivity contribution < 1.29 is 9.84 Å². The SMILES string of the molecule is OC1CCC23CCCC(C4CCCCN4C2)C3O1. The van der Waals surface area contributed by atoms with Crippen molar-refractivity contribution in [2.75, 3.05) is 13.1 Å². The largest absolute Gasteiger partial charge is 0.368 e. The van der Waals surface area contributed by atoms with Gasteiger partial charge in [-0.3, -0.25) is 4.90 Å². The molecule has 2 bridgehead atoms. The highest BCUT2D eigenvalue weighted by Gasteiger charge is 2.57. The van der Waals surface area contributed by atoms with Gasteiger partial charge in [0.15, 0.2) is 6.29 Å². The number of ether oxygens (including phenoxy) is 1. The van der Waals surface area contributed by atoms with Crippen LogP contribution in [0.4, 0.5) is 0 Å². The number of nitrogens with zero attached hydrogens (tertiary/aromatic N) is 1. The molecule has 3 heterocycles. The van der Waals surface area contributed by atoms with Gasteiger partial charge in [-0.1, -0.05) is 12.8 Å². The zero-order chi connectivity index (χ0) is 12.2. The van der Waals surface area contributed by atoms with Crippen LogP contribution in [0.1, 0.15) is 51.4 Å². The normalized spacial score (nSPS) is 52.5. The topological polar surface area (TPSA) is 32.7 Å². The van der Waals surface area contributed by atoms with E-state index in [0.29, 0.717) is 17.4 Å². The van der Waals surface area contributed by atoms with E-state index in [2.05, 4.69) is 4.90 Å². The van der Waals surface area contributed by atoms with Gasteiger partial charge in [0.2, 0.25) is 0 Å². The third-order valence-corrected chi connectivity index (χ3v) is 6.07. The summed E-state index contributed by atoms with van der Waals surface area (Å²) in [6.45, 7) is 2.55. The summed E-state index contributed by atoms with van der Waals surface area (Å²) in [6, 6.07) is 0.752. The standard InChI is InChI=1S/C15H25NO2/c17-13-6-8-15-7-3-4-11(14(15)18-13)12-5-1-2-9-16(12)10-15/h11-14,17H,1-10H2. The molecule has 5 unspecified atom stereocenters. The van der Waals surface area contributed by atoms with Crippen molar-refractivity contribution in [3.63, 3.8) is 0 Å². The van der Waals surface area contributed by atoms with Crippen molar-refractivity contribution in [3.8, 4) is 0 Å². The van der Waals surface area contributed by atoms with Crippen molar-refractivity contribution in [1.29, 1.82) is 0 Å². The van der Waals surface area contributed by atoms with Crippen LogP contribution in [-0.2, 0) is 4.74 Å². The molecule has 3 aliphatic heterocycles. The highest BCUT2D eigenvalue weighted by molar-refractivity contribution is 5.07. The first kappa shape index (κ1) is 11.7. The molecule has 4 rings (SSSR count). The Morgan fingerprint density at radius 1 is 1.06 bits per heavy atom. The number of hydrogen-bond acceptors (Lipinski definition) is 3. The van der Waals surface area contributed by atoms with E-state index in [1.165, 1.54) is 58.0 Å². The Hall–Kier alpha value is -0.120. The lowest BCUT2D eigenvalue weighted by Gasteiger charge is -2.61. The molecule has 3 saturated heterocycles. The van der Waals surface area contributed by atoms with E-state index in [9.17, 15) is 5.11 Å². The molecule has 5 atom stereocenters. The maximum atomic E-state index is 9.86.